The molecule has 0 aromatic heterocycles. The van der Waals surface area contributed by atoms with Crippen LogP contribution in [0.2, 0.25) is 0 Å². The maximum Gasteiger partial charge on any atom is 0.0350 e. The molecule has 0 radical (unpaired) electrons. The fourth-order valence-electron chi connectivity index (χ4n) is 1.77. The highest BCUT2D eigenvalue weighted by molar-refractivity contribution is 9.10. The Hall–Kier alpha value is -1.28. The van der Waals surface area contributed by atoms with Gasteiger partial charge in [0.15, 0.2) is 0 Å². The molecule has 1 nitrogen and oxygen atoms in total. The molecule has 0 aliphatic rings. The van der Waals surface area contributed by atoms with Crippen LogP contribution in [0.4, 0.5) is 5.69 Å². The lowest BCUT2D eigenvalue weighted by atomic mass is 10.0. The van der Waals surface area contributed by atoms with Crippen LogP contribution in [0.1, 0.15) is 16.7 Å². The van der Waals surface area contributed by atoms with Crippen molar-refractivity contribution < 1.29 is 0 Å². The minimum atomic E-state index is 0.852. The number of nitrogen functional groups attached to an aromatic ring is 1. The smallest absolute Gasteiger partial charge is 0.0350 e. The number of anilines is 1. The highest BCUT2D eigenvalue weighted by Gasteiger charge is 2.02. The van der Waals surface area contributed by atoms with Crippen LogP contribution in [0.15, 0.2) is 46.9 Å². The number of hydrogen-bond acceptors (Lipinski definition) is 1. The van der Waals surface area contributed by atoms with Crippen molar-refractivity contribution in [1.29, 1.82) is 0 Å². The lowest BCUT2D eigenvalue weighted by Gasteiger charge is -2.07. The van der Waals surface area contributed by atoms with E-state index < -0.39 is 0 Å². The SMILES string of the molecule is Cc1cccc(Cc2cc(Br)ccc2N)c1. The predicted octanol–water partition coefficient (Wildman–Crippen LogP) is 3.93. The van der Waals surface area contributed by atoms with Gasteiger partial charge in [0.25, 0.3) is 0 Å². The maximum atomic E-state index is 5.95. The second kappa shape index (κ2) is 4.71. The second-order valence-corrected chi connectivity index (χ2v) is 4.92. The van der Waals surface area contributed by atoms with E-state index in [0.29, 0.717) is 0 Å². The standard InChI is InChI=1S/C14H14BrN/c1-10-3-2-4-11(7-10)8-12-9-13(15)5-6-14(12)16/h2-7,9H,8,16H2,1H3. The first-order valence-electron chi connectivity index (χ1n) is 5.24. The van der Waals surface area contributed by atoms with Crippen LogP contribution >= 0.6 is 15.9 Å². The first-order chi connectivity index (χ1) is 7.65. The zero-order chi connectivity index (χ0) is 11.5. The Morgan fingerprint density at radius 2 is 1.94 bits per heavy atom. The van der Waals surface area contributed by atoms with Crippen LogP contribution in [0, 0.1) is 6.92 Å². The van der Waals surface area contributed by atoms with Crippen molar-refractivity contribution in [1.82, 2.24) is 0 Å². The molecule has 0 aliphatic carbocycles. The first kappa shape index (κ1) is 11.2. The molecule has 0 heterocycles. The van der Waals surface area contributed by atoms with Gasteiger partial charge in [-0.05, 0) is 42.7 Å². The van der Waals surface area contributed by atoms with Crippen LogP contribution in [0.5, 0.6) is 0 Å². The van der Waals surface area contributed by atoms with Gasteiger partial charge >= 0.3 is 0 Å². The third-order valence-corrected chi connectivity index (χ3v) is 3.08. The zero-order valence-electron chi connectivity index (χ0n) is 9.20. The third-order valence-electron chi connectivity index (χ3n) is 2.58. The first-order valence-corrected chi connectivity index (χ1v) is 6.04. The molecule has 0 saturated carbocycles. The number of rotatable bonds is 2. The molecule has 0 spiro atoms. The van der Waals surface area contributed by atoms with Crippen molar-refractivity contribution in [2.24, 2.45) is 0 Å². The molecule has 0 unspecified atom stereocenters. The van der Waals surface area contributed by atoms with Crippen LogP contribution < -0.4 is 5.73 Å². The van der Waals surface area contributed by atoms with Crippen molar-refractivity contribution in [3.05, 3.63) is 63.6 Å². The zero-order valence-corrected chi connectivity index (χ0v) is 10.8. The van der Waals surface area contributed by atoms with E-state index in [1.165, 1.54) is 16.7 Å². The van der Waals surface area contributed by atoms with Crippen LogP contribution in [0.25, 0.3) is 0 Å². The van der Waals surface area contributed by atoms with Gasteiger partial charge in [0.2, 0.25) is 0 Å². The fraction of sp³-hybridized carbons (Fsp3) is 0.143. The summed E-state index contributed by atoms with van der Waals surface area (Å²) >= 11 is 3.47. The summed E-state index contributed by atoms with van der Waals surface area (Å²) in [6.07, 6.45) is 0.882. The third kappa shape index (κ3) is 2.64. The van der Waals surface area contributed by atoms with Gasteiger partial charge in [0.05, 0.1) is 0 Å². The van der Waals surface area contributed by atoms with E-state index in [1.807, 2.05) is 12.1 Å². The van der Waals surface area contributed by atoms with E-state index in [2.05, 4.69) is 53.2 Å². The highest BCUT2D eigenvalue weighted by atomic mass is 79.9. The topological polar surface area (TPSA) is 26.0 Å². The number of aryl methyl sites for hydroxylation is 1. The van der Waals surface area contributed by atoms with Gasteiger partial charge in [-0.25, -0.2) is 0 Å². The minimum Gasteiger partial charge on any atom is -0.398 e. The minimum absolute atomic E-state index is 0.852. The Morgan fingerprint density at radius 1 is 1.12 bits per heavy atom. The normalized spacial score (nSPS) is 10.4. The Morgan fingerprint density at radius 3 is 2.69 bits per heavy atom. The van der Waals surface area contributed by atoms with Crippen molar-refractivity contribution in [3.63, 3.8) is 0 Å². The van der Waals surface area contributed by atoms with Crippen molar-refractivity contribution in [3.8, 4) is 0 Å². The van der Waals surface area contributed by atoms with Crippen LogP contribution in [-0.2, 0) is 6.42 Å². The molecule has 0 atom stereocenters. The quantitative estimate of drug-likeness (QED) is 0.826. The number of halogens is 1. The Bertz CT molecular complexity index is 506. The molecule has 2 aromatic carbocycles. The molecule has 0 amide bonds. The van der Waals surface area contributed by atoms with Crippen LogP contribution in [0.3, 0.4) is 0 Å². The van der Waals surface area contributed by atoms with Gasteiger partial charge in [-0.15, -0.1) is 0 Å². The lowest BCUT2D eigenvalue weighted by molar-refractivity contribution is 1.18. The summed E-state index contributed by atoms with van der Waals surface area (Å²) in [6.45, 7) is 2.10. The molecular weight excluding hydrogens is 262 g/mol. The van der Waals surface area contributed by atoms with Gasteiger partial charge in [-0.2, -0.15) is 0 Å². The van der Waals surface area contributed by atoms with Crippen molar-refractivity contribution in [2.75, 3.05) is 5.73 Å². The Kier molecular flexibility index (Phi) is 3.30. The second-order valence-electron chi connectivity index (χ2n) is 4.01. The van der Waals surface area contributed by atoms with Crippen molar-refractivity contribution >= 4 is 21.6 Å². The van der Waals surface area contributed by atoms with Gasteiger partial charge in [0, 0.05) is 10.2 Å². The van der Waals surface area contributed by atoms with E-state index >= 15 is 0 Å². The molecule has 2 rings (SSSR count). The largest absolute Gasteiger partial charge is 0.398 e. The van der Waals surface area contributed by atoms with Gasteiger partial charge in [-0.3, -0.25) is 0 Å². The molecule has 0 saturated heterocycles. The Balaban J connectivity index is 2.30. The van der Waals surface area contributed by atoms with Crippen molar-refractivity contribution in [2.45, 2.75) is 13.3 Å². The number of nitrogens with two attached hydrogens (primary N) is 1. The van der Waals surface area contributed by atoms with E-state index in [-0.39, 0.29) is 0 Å². The molecule has 2 aromatic rings. The molecule has 0 aliphatic heterocycles. The summed E-state index contributed by atoms with van der Waals surface area (Å²) in [5.74, 6) is 0. The van der Waals surface area contributed by atoms with E-state index in [4.69, 9.17) is 5.73 Å². The number of benzene rings is 2. The molecule has 0 fully saturated rings. The van der Waals surface area contributed by atoms with E-state index in [1.54, 1.807) is 0 Å². The van der Waals surface area contributed by atoms with Gasteiger partial charge in [0.1, 0.15) is 0 Å². The van der Waals surface area contributed by atoms with Crippen LogP contribution in [-0.4, -0.2) is 0 Å². The summed E-state index contributed by atoms with van der Waals surface area (Å²) in [5.41, 5.74) is 10.6. The van der Waals surface area contributed by atoms with E-state index in [9.17, 15) is 0 Å². The molecule has 16 heavy (non-hydrogen) atoms. The lowest BCUT2D eigenvalue weighted by Crippen LogP contribution is -1.95. The van der Waals surface area contributed by atoms with E-state index in [0.717, 1.165) is 16.6 Å². The van der Waals surface area contributed by atoms with Gasteiger partial charge in [-0.1, -0.05) is 45.8 Å². The maximum absolute atomic E-state index is 5.95. The summed E-state index contributed by atoms with van der Waals surface area (Å²) in [5, 5.41) is 0. The summed E-state index contributed by atoms with van der Waals surface area (Å²) < 4.78 is 1.07. The summed E-state index contributed by atoms with van der Waals surface area (Å²) in [4.78, 5) is 0. The molecule has 2 N–H and O–H groups in total. The molecular formula is C14H14BrN. The summed E-state index contributed by atoms with van der Waals surface area (Å²) in [7, 11) is 0. The molecule has 2 heteroatoms. The van der Waals surface area contributed by atoms with Gasteiger partial charge < -0.3 is 5.73 Å². The highest BCUT2D eigenvalue weighted by Crippen LogP contribution is 2.21. The fourth-order valence-corrected chi connectivity index (χ4v) is 2.18. The summed E-state index contributed by atoms with van der Waals surface area (Å²) in [6, 6.07) is 14.5. The average Bonchev–Trinajstić information content (AvgIpc) is 2.24. The molecule has 82 valence electrons. The molecule has 0 bridgehead atoms. The average molecular weight is 276 g/mol. The Labute approximate surface area is 104 Å². The predicted molar refractivity (Wildman–Crippen MR) is 72.5 cm³/mol. The number of hydrogen-bond donors (Lipinski definition) is 1. The monoisotopic (exact) mass is 275 g/mol.